The summed E-state index contributed by atoms with van der Waals surface area (Å²) >= 11 is 0. The number of carbonyl (C=O) groups is 1. The molecule has 0 amide bonds. The number of likely N-dealkylation sites (tertiary alicyclic amines) is 2. The molecule has 2 unspecified atom stereocenters. The summed E-state index contributed by atoms with van der Waals surface area (Å²) in [5.74, 6) is 2.31. The molecule has 4 heterocycles. The van der Waals surface area contributed by atoms with Gasteiger partial charge in [0.25, 0.3) is 0 Å². The number of nitrogens with zero attached hydrogens (tertiary/aromatic N) is 5. The highest BCUT2D eigenvalue weighted by molar-refractivity contribution is 5.80. The van der Waals surface area contributed by atoms with Crippen molar-refractivity contribution in [2.75, 3.05) is 31.1 Å². The maximum Gasteiger partial charge on any atom is 0.225 e. The average Bonchev–Trinajstić information content (AvgIpc) is 3.02. The SMILES string of the molecule is CCC(=O)C1CCC(N2CC(c3cnc(N4C5CCC4CN(C(C)C)C5)nc3)C2)CC1. The van der Waals surface area contributed by atoms with Crippen molar-refractivity contribution in [1.29, 1.82) is 0 Å². The molecule has 2 bridgehead atoms. The summed E-state index contributed by atoms with van der Waals surface area (Å²) in [6.45, 7) is 11.1. The van der Waals surface area contributed by atoms with Gasteiger partial charge in [0, 0.05) is 81.0 Å². The van der Waals surface area contributed by atoms with Gasteiger partial charge in [-0.3, -0.25) is 14.6 Å². The number of fused-ring (bicyclic) bond motifs is 2. The Morgan fingerprint density at radius 3 is 2.06 bits per heavy atom. The number of ketones is 1. The standard InChI is InChI=1S/C25H39N5O/c1-4-24(31)18-5-7-21(8-6-18)29-13-20(14-29)19-11-26-25(27-12-19)30-22-9-10-23(30)16-28(15-22)17(2)3/h11-12,17-18,20-23H,4-10,13-16H2,1-3H3. The van der Waals surface area contributed by atoms with Crippen molar-refractivity contribution in [3.63, 3.8) is 0 Å². The van der Waals surface area contributed by atoms with E-state index in [-0.39, 0.29) is 0 Å². The molecule has 3 saturated heterocycles. The Balaban J connectivity index is 1.14. The fraction of sp³-hybridized carbons (Fsp3) is 0.800. The maximum atomic E-state index is 12.0. The summed E-state index contributed by atoms with van der Waals surface area (Å²) < 4.78 is 0. The van der Waals surface area contributed by atoms with Gasteiger partial charge in [0.05, 0.1) is 0 Å². The summed E-state index contributed by atoms with van der Waals surface area (Å²) in [5.41, 5.74) is 1.29. The highest BCUT2D eigenvalue weighted by Gasteiger charge is 2.42. The van der Waals surface area contributed by atoms with Gasteiger partial charge < -0.3 is 4.90 Å². The van der Waals surface area contributed by atoms with Crippen molar-refractivity contribution in [2.24, 2.45) is 5.92 Å². The third kappa shape index (κ3) is 4.13. The normalized spacial score (nSPS) is 32.5. The average molecular weight is 426 g/mol. The Bertz CT molecular complexity index is 753. The van der Waals surface area contributed by atoms with Gasteiger partial charge in [-0.2, -0.15) is 0 Å². The molecule has 4 fully saturated rings. The molecule has 1 aliphatic carbocycles. The summed E-state index contributed by atoms with van der Waals surface area (Å²) in [7, 11) is 0. The van der Waals surface area contributed by atoms with Crippen molar-refractivity contribution < 1.29 is 4.79 Å². The third-order valence-electron chi connectivity index (χ3n) is 8.53. The van der Waals surface area contributed by atoms with Gasteiger partial charge >= 0.3 is 0 Å². The molecule has 1 saturated carbocycles. The molecule has 6 nitrogen and oxygen atoms in total. The molecule has 0 N–H and O–H groups in total. The second-order valence-corrected chi connectivity index (χ2v) is 10.6. The second kappa shape index (κ2) is 8.78. The van der Waals surface area contributed by atoms with Crippen LogP contribution in [0, 0.1) is 5.92 Å². The van der Waals surface area contributed by atoms with Crippen LogP contribution in [0.15, 0.2) is 12.4 Å². The number of Topliss-reactive ketones (excluding diaryl/α,β-unsaturated/α-hetero) is 1. The molecular weight excluding hydrogens is 386 g/mol. The van der Waals surface area contributed by atoms with Gasteiger partial charge in [-0.25, -0.2) is 9.97 Å². The fourth-order valence-electron chi connectivity index (χ4n) is 6.43. The summed E-state index contributed by atoms with van der Waals surface area (Å²) in [6, 6.07) is 2.43. The third-order valence-corrected chi connectivity index (χ3v) is 8.53. The van der Waals surface area contributed by atoms with Gasteiger partial charge in [-0.05, 0) is 57.9 Å². The first-order valence-corrected chi connectivity index (χ1v) is 12.6. The van der Waals surface area contributed by atoms with Crippen molar-refractivity contribution in [3.05, 3.63) is 18.0 Å². The van der Waals surface area contributed by atoms with Crippen LogP contribution in [0.3, 0.4) is 0 Å². The minimum absolute atomic E-state index is 0.331. The Hall–Kier alpha value is -1.53. The molecule has 5 rings (SSSR count). The van der Waals surface area contributed by atoms with E-state index in [1.165, 1.54) is 31.2 Å². The van der Waals surface area contributed by atoms with Gasteiger partial charge in [0.15, 0.2) is 0 Å². The zero-order valence-electron chi connectivity index (χ0n) is 19.5. The van der Waals surface area contributed by atoms with E-state index in [9.17, 15) is 4.79 Å². The molecule has 1 aromatic heterocycles. The van der Waals surface area contributed by atoms with E-state index < -0.39 is 0 Å². The topological polar surface area (TPSA) is 52.6 Å². The lowest BCUT2D eigenvalue weighted by Gasteiger charge is -2.46. The van der Waals surface area contributed by atoms with E-state index >= 15 is 0 Å². The largest absolute Gasteiger partial charge is 0.332 e. The first-order chi connectivity index (χ1) is 15.0. The van der Waals surface area contributed by atoms with Crippen LogP contribution < -0.4 is 4.90 Å². The van der Waals surface area contributed by atoms with Crippen LogP contribution in [0.25, 0.3) is 0 Å². The minimum atomic E-state index is 0.331. The highest BCUT2D eigenvalue weighted by Crippen LogP contribution is 2.37. The van der Waals surface area contributed by atoms with Crippen molar-refractivity contribution in [1.82, 2.24) is 19.8 Å². The molecule has 2 atom stereocenters. The monoisotopic (exact) mass is 425 g/mol. The zero-order valence-corrected chi connectivity index (χ0v) is 19.5. The van der Waals surface area contributed by atoms with E-state index in [0.29, 0.717) is 48.2 Å². The van der Waals surface area contributed by atoms with Crippen molar-refractivity contribution >= 4 is 11.7 Å². The molecule has 0 aromatic carbocycles. The van der Waals surface area contributed by atoms with Gasteiger partial charge in [-0.1, -0.05) is 6.92 Å². The molecule has 0 spiro atoms. The van der Waals surface area contributed by atoms with E-state index in [2.05, 4.69) is 40.9 Å². The molecule has 1 aromatic rings. The highest BCUT2D eigenvalue weighted by atomic mass is 16.1. The Morgan fingerprint density at radius 2 is 1.52 bits per heavy atom. The van der Waals surface area contributed by atoms with Gasteiger partial charge in [0.1, 0.15) is 5.78 Å². The van der Waals surface area contributed by atoms with Crippen LogP contribution in [0.1, 0.15) is 77.2 Å². The van der Waals surface area contributed by atoms with Crippen LogP contribution in [-0.4, -0.2) is 75.9 Å². The number of piperazine rings is 1. The van der Waals surface area contributed by atoms with Crippen molar-refractivity contribution in [3.8, 4) is 0 Å². The van der Waals surface area contributed by atoms with Crippen LogP contribution in [-0.2, 0) is 4.79 Å². The molecule has 170 valence electrons. The molecule has 0 radical (unpaired) electrons. The number of hydrogen-bond acceptors (Lipinski definition) is 6. The first kappa shape index (κ1) is 21.3. The summed E-state index contributed by atoms with van der Waals surface area (Å²) in [4.78, 5) is 29.4. The lowest BCUT2D eigenvalue weighted by Crippen LogP contribution is -2.56. The Kier molecular flexibility index (Phi) is 6.04. The van der Waals surface area contributed by atoms with Crippen LogP contribution >= 0.6 is 0 Å². The number of anilines is 1. The first-order valence-electron chi connectivity index (χ1n) is 12.6. The Morgan fingerprint density at radius 1 is 0.935 bits per heavy atom. The zero-order chi connectivity index (χ0) is 21.5. The van der Waals surface area contributed by atoms with Crippen LogP contribution in [0.2, 0.25) is 0 Å². The van der Waals surface area contributed by atoms with E-state index in [1.54, 1.807) is 0 Å². The number of rotatable bonds is 6. The predicted octanol–water partition coefficient (Wildman–Crippen LogP) is 3.48. The van der Waals surface area contributed by atoms with Gasteiger partial charge in [-0.15, -0.1) is 0 Å². The minimum Gasteiger partial charge on any atom is -0.332 e. The summed E-state index contributed by atoms with van der Waals surface area (Å²) in [5, 5.41) is 0. The Labute approximate surface area is 187 Å². The second-order valence-electron chi connectivity index (χ2n) is 10.6. The maximum absolute atomic E-state index is 12.0. The lowest BCUT2D eigenvalue weighted by atomic mass is 9.80. The van der Waals surface area contributed by atoms with E-state index in [4.69, 9.17) is 9.97 Å². The van der Waals surface area contributed by atoms with Crippen LogP contribution in [0.4, 0.5) is 5.95 Å². The van der Waals surface area contributed by atoms with Crippen LogP contribution in [0.5, 0.6) is 0 Å². The van der Waals surface area contributed by atoms with E-state index in [0.717, 1.165) is 45.0 Å². The smallest absolute Gasteiger partial charge is 0.225 e. The molecule has 3 aliphatic heterocycles. The molecule has 31 heavy (non-hydrogen) atoms. The van der Waals surface area contributed by atoms with E-state index in [1.807, 2.05) is 6.92 Å². The number of carbonyl (C=O) groups excluding carboxylic acids is 1. The van der Waals surface area contributed by atoms with Crippen molar-refractivity contribution in [2.45, 2.75) is 95.8 Å². The predicted molar refractivity (Wildman–Crippen MR) is 123 cm³/mol. The lowest BCUT2D eigenvalue weighted by molar-refractivity contribution is -0.124. The fourth-order valence-corrected chi connectivity index (χ4v) is 6.43. The number of hydrogen-bond donors (Lipinski definition) is 0. The van der Waals surface area contributed by atoms with Gasteiger partial charge in [0.2, 0.25) is 5.95 Å². The molecule has 6 heteroatoms. The summed E-state index contributed by atoms with van der Waals surface area (Å²) in [6.07, 6.45) is 12.0. The quantitative estimate of drug-likeness (QED) is 0.696. The number of aromatic nitrogens is 2. The molecular formula is C25H39N5O. The molecule has 4 aliphatic rings.